The predicted octanol–water partition coefficient (Wildman–Crippen LogP) is 2.62. The predicted molar refractivity (Wildman–Crippen MR) is 112 cm³/mol. The molecule has 2 fully saturated rings. The number of nitrogens with zero attached hydrogens (tertiary/aromatic N) is 1. The summed E-state index contributed by atoms with van der Waals surface area (Å²) in [6.45, 7) is 6.89. The summed E-state index contributed by atoms with van der Waals surface area (Å²) in [4.78, 5) is 27.1. The third kappa shape index (κ3) is 5.85. The van der Waals surface area contributed by atoms with Gasteiger partial charge in [0.1, 0.15) is 5.75 Å². The minimum atomic E-state index is -0.0496. The number of para-hydroxylation sites is 1. The second-order valence-corrected chi connectivity index (χ2v) is 7.82. The van der Waals surface area contributed by atoms with Gasteiger partial charge in [0.25, 0.3) is 5.91 Å². The molecule has 7 heteroatoms. The van der Waals surface area contributed by atoms with Crippen LogP contribution in [0.3, 0.4) is 0 Å². The lowest BCUT2D eigenvalue weighted by molar-refractivity contribution is -0.123. The standard InChI is InChI=1S/C21H31N3O3.ClH/c1-15(2)27-19-10-4-3-8-17(19)21(26)24-12-6-7-16(14-24)13-23-20(25)18-9-5-11-22-18;/h3-4,8,10,15-16,18,22H,5-7,9,11-14H2,1-2H3,(H,23,25);1H. The second kappa shape index (κ2) is 10.7. The summed E-state index contributed by atoms with van der Waals surface area (Å²) in [7, 11) is 0. The normalized spacial score (nSPS) is 21.9. The number of rotatable bonds is 6. The molecule has 0 saturated carbocycles. The Bertz CT molecular complexity index is 662. The van der Waals surface area contributed by atoms with Crippen LogP contribution in [0.25, 0.3) is 0 Å². The zero-order valence-electron chi connectivity index (χ0n) is 16.8. The maximum atomic E-state index is 13.0. The molecule has 2 heterocycles. The lowest BCUT2D eigenvalue weighted by atomic mass is 9.97. The number of hydrogen-bond donors (Lipinski definition) is 2. The maximum Gasteiger partial charge on any atom is 0.257 e. The average molecular weight is 410 g/mol. The fourth-order valence-electron chi connectivity index (χ4n) is 3.86. The average Bonchev–Trinajstić information content (AvgIpc) is 3.21. The molecule has 1 aromatic rings. The first-order valence-electron chi connectivity index (χ1n) is 10.1. The van der Waals surface area contributed by atoms with Gasteiger partial charge in [-0.25, -0.2) is 0 Å². The Morgan fingerprint density at radius 3 is 2.75 bits per heavy atom. The molecule has 0 bridgehead atoms. The third-order valence-corrected chi connectivity index (χ3v) is 5.23. The first kappa shape index (κ1) is 22.5. The van der Waals surface area contributed by atoms with Gasteiger partial charge < -0.3 is 20.3 Å². The zero-order chi connectivity index (χ0) is 19.2. The van der Waals surface area contributed by atoms with Crippen molar-refractivity contribution >= 4 is 24.2 Å². The van der Waals surface area contributed by atoms with Crippen molar-refractivity contribution in [2.45, 2.75) is 51.7 Å². The molecule has 2 aliphatic rings. The number of carbonyl (C=O) groups excluding carboxylic acids is 2. The van der Waals surface area contributed by atoms with Crippen molar-refractivity contribution < 1.29 is 14.3 Å². The Morgan fingerprint density at radius 1 is 1.25 bits per heavy atom. The van der Waals surface area contributed by atoms with Gasteiger partial charge in [-0.05, 0) is 64.1 Å². The molecule has 28 heavy (non-hydrogen) atoms. The number of hydrogen-bond acceptors (Lipinski definition) is 4. The molecule has 2 aliphatic heterocycles. The SMILES string of the molecule is CC(C)Oc1ccccc1C(=O)N1CCCC(CNC(=O)C2CCCN2)C1.Cl. The largest absolute Gasteiger partial charge is 0.490 e. The van der Waals surface area contributed by atoms with Crippen LogP contribution in [0.15, 0.2) is 24.3 Å². The third-order valence-electron chi connectivity index (χ3n) is 5.23. The molecule has 6 nitrogen and oxygen atoms in total. The van der Waals surface area contributed by atoms with Crippen molar-refractivity contribution in [1.29, 1.82) is 0 Å². The molecule has 0 radical (unpaired) electrons. The van der Waals surface area contributed by atoms with Crippen LogP contribution in [-0.2, 0) is 4.79 Å². The molecule has 1 aromatic carbocycles. The first-order chi connectivity index (χ1) is 13.0. The van der Waals surface area contributed by atoms with Crippen LogP contribution < -0.4 is 15.4 Å². The molecule has 0 aliphatic carbocycles. The summed E-state index contributed by atoms with van der Waals surface area (Å²) in [5.74, 6) is 1.04. The van der Waals surface area contributed by atoms with E-state index in [2.05, 4.69) is 10.6 Å². The summed E-state index contributed by atoms with van der Waals surface area (Å²) in [5, 5.41) is 6.29. The number of benzene rings is 1. The fourth-order valence-corrected chi connectivity index (χ4v) is 3.86. The second-order valence-electron chi connectivity index (χ2n) is 7.82. The minimum Gasteiger partial charge on any atom is -0.490 e. The number of amides is 2. The molecular weight excluding hydrogens is 378 g/mol. The van der Waals surface area contributed by atoms with Crippen molar-refractivity contribution in [3.63, 3.8) is 0 Å². The maximum absolute atomic E-state index is 13.0. The van der Waals surface area contributed by atoms with Crippen molar-refractivity contribution in [2.24, 2.45) is 5.92 Å². The highest BCUT2D eigenvalue weighted by Gasteiger charge is 2.28. The van der Waals surface area contributed by atoms with E-state index in [4.69, 9.17) is 4.74 Å². The van der Waals surface area contributed by atoms with E-state index in [1.807, 2.05) is 43.0 Å². The number of halogens is 1. The van der Waals surface area contributed by atoms with Gasteiger partial charge in [0, 0.05) is 19.6 Å². The van der Waals surface area contributed by atoms with E-state index < -0.39 is 0 Å². The Hall–Kier alpha value is -1.79. The zero-order valence-corrected chi connectivity index (χ0v) is 17.6. The van der Waals surface area contributed by atoms with Gasteiger partial charge in [-0.3, -0.25) is 9.59 Å². The number of likely N-dealkylation sites (tertiary alicyclic amines) is 1. The first-order valence-corrected chi connectivity index (χ1v) is 10.1. The topological polar surface area (TPSA) is 70.7 Å². The number of piperidine rings is 1. The van der Waals surface area contributed by atoms with Crippen molar-refractivity contribution in [2.75, 3.05) is 26.2 Å². The van der Waals surface area contributed by atoms with E-state index in [-0.39, 0.29) is 36.4 Å². The fraction of sp³-hybridized carbons (Fsp3) is 0.619. The van der Waals surface area contributed by atoms with Crippen LogP contribution in [0.5, 0.6) is 5.75 Å². The Labute approximate surface area is 173 Å². The highest BCUT2D eigenvalue weighted by atomic mass is 35.5. The molecule has 2 unspecified atom stereocenters. The monoisotopic (exact) mass is 409 g/mol. The van der Waals surface area contributed by atoms with Crippen LogP contribution in [0, 0.1) is 5.92 Å². The smallest absolute Gasteiger partial charge is 0.257 e. The van der Waals surface area contributed by atoms with E-state index in [1.165, 1.54) is 0 Å². The van der Waals surface area contributed by atoms with E-state index in [0.717, 1.165) is 38.8 Å². The molecule has 2 saturated heterocycles. The van der Waals surface area contributed by atoms with Crippen LogP contribution in [0.1, 0.15) is 49.9 Å². The molecule has 2 N–H and O–H groups in total. The Morgan fingerprint density at radius 2 is 2.04 bits per heavy atom. The summed E-state index contributed by atoms with van der Waals surface area (Å²) in [6, 6.07) is 7.39. The summed E-state index contributed by atoms with van der Waals surface area (Å²) in [6.07, 6.45) is 3.98. The quantitative estimate of drug-likeness (QED) is 0.757. The van der Waals surface area contributed by atoms with Crippen molar-refractivity contribution in [3.05, 3.63) is 29.8 Å². The summed E-state index contributed by atoms with van der Waals surface area (Å²) in [5.41, 5.74) is 0.617. The van der Waals surface area contributed by atoms with E-state index >= 15 is 0 Å². The van der Waals surface area contributed by atoms with Crippen molar-refractivity contribution in [3.8, 4) is 5.75 Å². The molecule has 0 aromatic heterocycles. The van der Waals surface area contributed by atoms with Gasteiger partial charge in [0.05, 0.1) is 17.7 Å². The highest BCUT2D eigenvalue weighted by Crippen LogP contribution is 2.24. The van der Waals surface area contributed by atoms with Gasteiger partial charge >= 0.3 is 0 Å². The molecule has 0 spiro atoms. The molecule has 2 atom stereocenters. The number of ether oxygens (including phenoxy) is 1. The lowest BCUT2D eigenvalue weighted by Crippen LogP contribution is -2.46. The molecule has 3 rings (SSSR count). The number of carbonyl (C=O) groups is 2. The summed E-state index contributed by atoms with van der Waals surface area (Å²) >= 11 is 0. The molecular formula is C21H32ClN3O3. The van der Waals surface area contributed by atoms with E-state index in [1.54, 1.807) is 0 Å². The minimum absolute atomic E-state index is 0. The molecule has 2 amide bonds. The Kier molecular flexibility index (Phi) is 8.58. The number of nitrogens with one attached hydrogen (secondary N) is 2. The summed E-state index contributed by atoms with van der Waals surface area (Å²) < 4.78 is 5.81. The van der Waals surface area contributed by atoms with Gasteiger partial charge in [-0.15, -0.1) is 12.4 Å². The van der Waals surface area contributed by atoms with Crippen LogP contribution in [0.4, 0.5) is 0 Å². The van der Waals surface area contributed by atoms with Gasteiger partial charge in [-0.1, -0.05) is 12.1 Å². The van der Waals surface area contributed by atoms with Gasteiger partial charge in [0.2, 0.25) is 5.91 Å². The van der Waals surface area contributed by atoms with E-state index in [9.17, 15) is 9.59 Å². The van der Waals surface area contributed by atoms with Crippen LogP contribution in [0.2, 0.25) is 0 Å². The van der Waals surface area contributed by atoms with Crippen LogP contribution >= 0.6 is 12.4 Å². The van der Waals surface area contributed by atoms with Gasteiger partial charge in [0.15, 0.2) is 0 Å². The highest BCUT2D eigenvalue weighted by molar-refractivity contribution is 5.97. The van der Waals surface area contributed by atoms with Crippen LogP contribution in [-0.4, -0.2) is 55.0 Å². The van der Waals surface area contributed by atoms with Crippen molar-refractivity contribution in [1.82, 2.24) is 15.5 Å². The van der Waals surface area contributed by atoms with E-state index in [0.29, 0.717) is 30.3 Å². The Balaban J connectivity index is 0.00000280. The molecule has 156 valence electrons. The lowest BCUT2D eigenvalue weighted by Gasteiger charge is -2.33. The van der Waals surface area contributed by atoms with Gasteiger partial charge in [-0.2, -0.15) is 0 Å².